The minimum absolute atomic E-state index is 0.149. The Morgan fingerprint density at radius 2 is 2.07 bits per heavy atom. The smallest absolute Gasteiger partial charge is 0.271 e. The molecule has 0 saturated carbocycles. The van der Waals surface area contributed by atoms with Gasteiger partial charge in [0.1, 0.15) is 11.6 Å². The van der Waals surface area contributed by atoms with Crippen LogP contribution in [0.2, 0.25) is 0 Å². The van der Waals surface area contributed by atoms with Crippen molar-refractivity contribution in [1.82, 2.24) is 10.2 Å². The van der Waals surface area contributed by atoms with E-state index in [-0.39, 0.29) is 16.9 Å². The van der Waals surface area contributed by atoms with Gasteiger partial charge in [-0.1, -0.05) is 37.3 Å². The molecular weight excluding hydrogens is 370 g/mol. The van der Waals surface area contributed by atoms with Gasteiger partial charge in [0.05, 0.1) is 16.8 Å². The Morgan fingerprint density at radius 3 is 2.72 bits per heavy atom. The summed E-state index contributed by atoms with van der Waals surface area (Å²) in [5.41, 5.74) is 3.26. The highest BCUT2D eigenvalue weighted by Crippen LogP contribution is 2.24. The molecule has 8 nitrogen and oxygen atoms in total. The lowest BCUT2D eigenvalue weighted by Crippen LogP contribution is -2.13. The molecule has 1 aromatic heterocycles. The summed E-state index contributed by atoms with van der Waals surface area (Å²) in [6, 6.07) is 15.3. The monoisotopic (exact) mass is 387 g/mol. The zero-order valence-electron chi connectivity index (χ0n) is 15.5. The molecule has 29 heavy (non-hydrogen) atoms. The van der Waals surface area contributed by atoms with Gasteiger partial charge in [-0.2, -0.15) is 10.4 Å². The highest BCUT2D eigenvalue weighted by Gasteiger charge is 2.14. The van der Waals surface area contributed by atoms with Crippen LogP contribution in [0.4, 0.5) is 11.4 Å². The van der Waals surface area contributed by atoms with Gasteiger partial charge >= 0.3 is 0 Å². The zero-order valence-corrected chi connectivity index (χ0v) is 15.5. The van der Waals surface area contributed by atoms with Crippen molar-refractivity contribution in [2.45, 2.75) is 13.3 Å². The predicted molar refractivity (Wildman–Crippen MR) is 109 cm³/mol. The van der Waals surface area contributed by atoms with E-state index in [0.717, 1.165) is 12.0 Å². The number of nitrogens with one attached hydrogen (secondary N) is 2. The highest BCUT2D eigenvalue weighted by molar-refractivity contribution is 6.10. The molecular formula is C21H17N5O3. The number of non-ortho nitro benzene ring substituents is 1. The Hall–Kier alpha value is -4.25. The van der Waals surface area contributed by atoms with E-state index in [1.165, 1.54) is 42.1 Å². The van der Waals surface area contributed by atoms with Crippen molar-refractivity contribution in [3.05, 3.63) is 81.5 Å². The molecule has 0 unspecified atom stereocenters. The van der Waals surface area contributed by atoms with Crippen molar-refractivity contribution < 1.29 is 9.72 Å². The number of aromatic nitrogens is 2. The Bertz CT molecular complexity index is 1120. The average molecular weight is 387 g/mol. The zero-order chi connectivity index (χ0) is 20.8. The fourth-order valence-corrected chi connectivity index (χ4v) is 2.74. The number of hydrogen-bond acceptors (Lipinski definition) is 5. The molecule has 1 heterocycles. The second-order valence-corrected chi connectivity index (χ2v) is 6.18. The van der Waals surface area contributed by atoms with E-state index in [1.807, 2.05) is 30.3 Å². The number of anilines is 1. The van der Waals surface area contributed by atoms with Gasteiger partial charge in [-0.05, 0) is 24.1 Å². The number of nitro groups is 1. The molecule has 144 valence electrons. The third-order valence-electron chi connectivity index (χ3n) is 4.30. The van der Waals surface area contributed by atoms with Crippen LogP contribution in [0.1, 0.15) is 18.1 Å². The SMILES string of the molecule is CCc1ccc(-c2[nH]ncc2/C=C(/C#N)C(=O)Nc2cccc([N+](=O)[O-])c2)cc1. The van der Waals surface area contributed by atoms with Crippen molar-refractivity contribution in [2.75, 3.05) is 5.32 Å². The molecule has 0 bridgehead atoms. The topological polar surface area (TPSA) is 125 Å². The molecule has 0 saturated heterocycles. The first-order chi connectivity index (χ1) is 14.0. The third-order valence-corrected chi connectivity index (χ3v) is 4.30. The van der Waals surface area contributed by atoms with Crippen LogP contribution in [0.25, 0.3) is 17.3 Å². The first kappa shape index (κ1) is 19.5. The van der Waals surface area contributed by atoms with Gasteiger partial charge in [-0.3, -0.25) is 20.0 Å². The average Bonchev–Trinajstić information content (AvgIpc) is 3.20. The Balaban J connectivity index is 1.86. The Morgan fingerprint density at radius 1 is 1.31 bits per heavy atom. The van der Waals surface area contributed by atoms with Crippen molar-refractivity contribution in [3.8, 4) is 17.3 Å². The Kier molecular flexibility index (Phi) is 5.80. The van der Waals surface area contributed by atoms with E-state index in [0.29, 0.717) is 11.3 Å². The van der Waals surface area contributed by atoms with Crippen molar-refractivity contribution in [3.63, 3.8) is 0 Å². The van der Waals surface area contributed by atoms with E-state index in [2.05, 4.69) is 22.4 Å². The standard InChI is InChI=1S/C21H17N5O3/c1-2-14-6-8-15(9-7-14)20-17(13-23-25-20)10-16(12-22)21(27)24-18-4-3-5-19(11-18)26(28)29/h3-11,13H,2H2,1H3,(H,23,25)(H,24,27)/b16-10-. The first-order valence-electron chi connectivity index (χ1n) is 8.82. The summed E-state index contributed by atoms with van der Waals surface area (Å²) in [5.74, 6) is -0.665. The number of amides is 1. The maximum Gasteiger partial charge on any atom is 0.271 e. The second-order valence-electron chi connectivity index (χ2n) is 6.18. The third kappa shape index (κ3) is 4.54. The van der Waals surface area contributed by atoms with E-state index in [1.54, 1.807) is 0 Å². The number of H-pyrrole nitrogens is 1. The van der Waals surface area contributed by atoms with Gasteiger partial charge < -0.3 is 5.32 Å². The molecule has 0 aliphatic carbocycles. The molecule has 0 aliphatic rings. The number of nitrogens with zero attached hydrogens (tertiary/aromatic N) is 3. The maximum atomic E-state index is 12.5. The summed E-state index contributed by atoms with van der Waals surface area (Å²) >= 11 is 0. The lowest BCUT2D eigenvalue weighted by Gasteiger charge is -2.05. The molecule has 0 fully saturated rings. The van der Waals surface area contributed by atoms with Crippen LogP contribution in [-0.4, -0.2) is 21.0 Å². The quantitative estimate of drug-likeness (QED) is 0.285. The molecule has 3 aromatic rings. The van der Waals surface area contributed by atoms with Crippen LogP contribution in [-0.2, 0) is 11.2 Å². The van der Waals surface area contributed by atoms with Gasteiger partial charge in [0.2, 0.25) is 0 Å². The minimum Gasteiger partial charge on any atom is -0.321 e. The number of carbonyl (C=O) groups excluding carboxylic acids is 1. The fraction of sp³-hybridized carbons (Fsp3) is 0.0952. The van der Waals surface area contributed by atoms with E-state index >= 15 is 0 Å². The summed E-state index contributed by atoms with van der Waals surface area (Å²) in [6.07, 6.45) is 3.88. The number of aromatic amines is 1. The molecule has 0 atom stereocenters. The molecule has 1 amide bonds. The maximum absolute atomic E-state index is 12.5. The van der Waals surface area contributed by atoms with Crippen molar-refractivity contribution in [1.29, 1.82) is 5.26 Å². The number of carbonyl (C=O) groups is 1. The number of hydrogen-bond donors (Lipinski definition) is 2. The van der Waals surface area contributed by atoms with Crippen LogP contribution >= 0.6 is 0 Å². The molecule has 8 heteroatoms. The molecule has 0 aliphatic heterocycles. The molecule has 0 spiro atoms. The Labute approximate surface area is 166 Å². The van der Waals surface area contributed by atoms with Crippen LogP contribution in [0.5, 0.6) is 0 Å². The number of nitro benzene ring substituents is 1. The minimum atomic E-state index is -0.665. The summed E-state index contributed by atoms with van der Waals surface area (Å²) in [6.45, 7) is 2.07. The lowest BCUT2D eigenvalue weighted by molar-refractivity contribution is -0.384. The summed E-state index contributed by atoms with van der Waals surface area (Å²) in [4.78, 5) is 22.8. The van der Waals surface area contributed by atoms with Crippen molar-refractivity contribution >= 4 is 23.4 Å². The predicted octanol–water partition coefficient (Wildman–Crippen LogP) is 4.09. The van der Waals surface area contributed by atoms with Gasteiger partial charge in [-0.15, -0.1) is 0 Å². The van der Waals surface area contributed by atoms with E-state index in [9.17, 15) is 20.2 Å². The summed E-state index contributed by atoms with van der Waals surface area (Å²) in [5, 5.41) is 29.7. The van der Waals surface area contributed by atoms with Gasteiger partial charge in [0, 0.05) is 28.9 Å². The van der Waals surface area contributed by atoms with Gasteiger partial charge in [0.25, 0.3) is 11.6 Å². The number of benzene rings is 2. The highest BCUT2D eigenvalue weighted by atomic mass is 16.6. The fourth-order valence-electron chi connectivity index (χ4n) is 2.74. The molecule has 2 aromatic carbocycles. The van der Waals surface area contributed by atoms with Gasteiger partial charge in [0.15, 0.2) is 0 Å². The number of nitriles is 1. The van der Waals surface area contributed by atoms with Crippen molar-refractivity contribution in [2.24, 2.45) is 0 Å². The van der Waals surface area contributed by atoms with Crippen LogP contribution in [0, 0.1) is 21.4 Å². The van der Waals surface area contributed by atoms with Crippen LogP contribution in [0.3, 0.4) is 0 Å². The van der Waals surface area contributed by atoms with Gasteiger partial charge in [-0.25, -0.2) is 0 Å². The van der Waals surface area contributed by atoms with E-state index < -0.39 is 10.8 Å². The van der Waals surface area contributed by atoms with Crippen LogP contribution in [0.15, 0.2) is 60.3 Å². The second kappa shape index (κ2) is 8.63. The molecule has 3 rings (SSSR count). The summed E-state index contributed by atoms with van der Waals surface area (Å²) in [7, 11) is 0. The number of rotatable bonds is 6. The number of aryl methyl sites for hydroxylation is 1. The van der Waals surface area contributed by atoms with E-state index in [4.69, 9.17) is 0 Å². The lowest BCUT2D eigenvalue weighted by atomic mass is 10.0. The molecule has 2 N–H and O–H groups in total. The molecule has 0 radical (unpaired) electrons. The van der Waals surface area contributed by atoms with Crippen LogP contribution < -0.4 is 5.32 Å². The summed E-state index contributed by atoms with van der Waals surface area (Å²) < 4.78 is 0. The normalized spacial score (nSPS) is 11.0. The largest absolute Gasteiger partial charge is 0.321 e. The first-order valence-corrected chi connectivity index (χ1v) is 8.82.